The zero-order valence-electron chi connectivity index (χ0n) is 14.4. The van der Waals surface area contributed by atoms with Gasteiger partial charge in [0.2, 0.25) is 5.91 Å². The summed E-state index contributed by atoms with van der Waals surface area (Å²) in [6, 6.07) is 15.2. The molecule has 0 spiro atoms. The van der Waals surface area contributed by atoms with Crippen LogP contribution in [0.15, 0.2) is 64.3 Å². The number of nitrogens with zero attached hydrogens (tertiary/aromatic N) is 2. The normalized spacial score (nSPS) is 10.7. The van der Waals surface area contributed by atoms with Gasteiger partial charge in [0, 0.05) is 11.9 Å². The topological polar surface area (TPSA) is 56.0 Å². The van der Waals surface area contributed by atoms with Gasteiger partial charge < -0.3 is 5.32 Å². The van der Waals surface area contributed by atoms with Gasteiger partial charge >= 0.3 is 0 Å². The number of para-hydroxylation sites is 1. The molecule has 1 heterocycles. The number of aromatic nitrogens is 2. The Hall–Kier alpha value is -2.80. The first-order valence-corrected chi connectivity index (χ1v) is 8.98. The molecule has 0 fully saturated rings. The maximum absolute atomic E-state index is 12.9. The second-order valence-corrected chi connectivity index (χ2v) is 6.78. The molecule has 1 amide bonds. The van der Waals surface area contributed by atoms with E-state index >= 15 is 0 Å². The van der Waals surface area contributed by atoms with E-state index < -0.39 is 0 Å². The Kier molecular flexibility index (Phi) is 5.27. The summed E-state index contributed by atoms with van der Waals surface area (Å²) in [6.45, 7) is 1.78. The lowest BCUT2D eigenvalue weighted by atomic mass is 10.3. The summed E-state index contributed by atoms with van der Waals surface area (Å²) in [4.78, 5) is 25.8. The lowest BCUT2D eigenvalue weighted by Crippen LogP contribution is -2.23. The molecule has 2 aromatic carbocycles. The minimum atomic E-state index is -0.319. The molecule has 3 rings (SSSR count). The molecule has 7 heteroatoms. The number of anilines is 1. The van der Waals surface area contributed by atoms with Gasteiger partial charge in [-0.2, -0.15) is 0 Å². The highest BCUT2D eigenvalue weighted by atomic mass is 32.2. The second kappa shape index (κ2) is 7.61. The molecular weight excluding hydrogens is 353 g/mol. The van der Waals surface area contributed by atoms with E-state index in [1.165, 1.54) is 28.6 Å². The molecule has 0 unspecified atom stereocenters. The predicted octanol–water partition coefficient (Wildman–Crippen LogP) is 3.35. The largest absolute Gasteiger partial charge is 0.319 e. The summed E-state index contributed by atoms with van der Waals surface area (Å²) >= 11 is 1.28. The molecule has 134 valence electrons. The molecule has 0 saturated heterocycles. The third kappa shape index (κ3) is 3.72. The van der Waals surface area contributed by atoms with Crippen LogP contribution in [0.25, 0.3) is 5.69 Å². The van der Waals surface area contributed by atoms with Crippen molar-refractivity contribution in [3.05, 3.63) is 76.5 Å². The van der Waals surface area contributed by atoms with Gasteiger partial charge in [-0.1, -0.05) is 18.2 Å². The first-order valence-electron chi connectivity index (χ1n) is 7.99. The van der Waals surface area contributed by atoms with Crippen LogP contribution in [0.3, 0.4) is 0 Å². The van der Waals surface area contributed by atoms with E-state index in [0.717, 1.165) is 10.6 Å². The molecule has 0 aliphatic rings. The third-order valence-corrected chi connectivity index (χ3v) is 5.01. The van der Waals surface area contributed by atoms with Gasteiger partial charge in [-0.3, -0.25) is 14.3 Å². The lowest BCUT2D eigenvalue weighted by Gasteiger charge is -2.07. The summed E-state index contributed by atoms with van der Waals surface area (Å²) < 4.78 is 16.1. The second-order valence-electron chi connectivity index (χ2n) is 5.73. The van der Waals surface area contributed by atoms with Crippen molar-refractivity contribution in [2.45, 2.75) is 11.8 Å². The first-order chi connectivity index (χ1) is 12.5. The summed E-state index contributed by atoms with van der Waals surface area (Å²) in [5.41, 5.74) is 1.38. The molecule has 0 aliphatic heterocycles. The molecule has 1 aromatic heterocycles. The summed E-state index contributed by atoms with van der Waals surface area (Å²) in [5, 5.41) is 2.70. The fourth-order valence-electron chi connectivity index (χ4n) is 2.57. The Balaban J connectivity index is 1.76. The van der Waals surface area contributed by atoms with Crippen molar-refractivity contribution < 1.29 is 9.18 Å². The number of nitrogens with one attached hydrogen (secondary N) is 1. The zero-order chi connectivity index (χ0) is 18.7. The van der Waals surface area contributed by atoms with Gasteiger partial charge in [0.15, 0.2) is 0 Å². The molecule has 0 bridgehead atoms. The highest BCUT2D eigenvalue weighted by Gasteiger charge is 2.18. The Bertz CT molecular complexity index is 979. The minimum Gasteiger partial charge on any atom is -0.319 e. The fourth-order valence-corrected chi connectivity index (χ4v) is 3.27. The van der Waals surface area contributed by atoms with Crippen LogP contribution in [-0.4, -0.2) is 21.0 Å². The first kappa shape index (κ1) is 18.0. The summed E-state index contributed by atoms with van der Waals surface area (Å²) in [7, 11) is 1.77. The van der Waals surface area contributed by atoms with Crippen molar-refractivity contribution >= 4 is 23.4 Å². The van der Waals surface area contributed by atoms with Crippen LogP contribution in [0, 0.1) is 12.7 Å². The Morgan fingerprint density at radius 1 is 1.12 bits per heavy atom. The van der Waals surface area contributed by atoms with Gasteiger partial charge in [0.1, 0.15) is 11.5 Å². The Labute approximate surface area is 154 Å². The molecule has 1 N–H and O–H groups in total. The van der Waals surface area contributed by atoms with E-state index in [-0.39, 0.29) is 28.7 Å². The van der Waals surface area contributed by atoms with Crippen molar-refractivity contribution in [3.8, 4) is 5.69 Å². The van der Waals surface area contributed by atoms with Gasteiger partial charge in [-0.25, -0.2) is 9.07 Å². The van der Waals surface area contributed by atoms with Crippen LogP contribution in [0.1, 0.15) is 5.69 Å². The number of carbonyl (C=O) groups is 1. The predicted molar refractivity (Wildman–Crippen MR) is 102 cm³/mol. The summed E-state index contributed by atoms with van der Waals surface area (Å²) in [6.07, 6.45) is 0. The number of benzene rings is 2. The van der Waals surface area contributed by atoms with Gasteiger partial charge in [0.05, 0.1) is 17.1 Å². The van der Waals surface area contributed by atoms with Crippen LogP contribution in [-0.2, 0) is 11.8 Å². The van der Waals surface area contributed by atoms with Gasteiger partial charge in [-0.15, -0.1) is 11.8 Å². The van der Waals surface area contributed by atoms with Crippen molar-refractivity contribution in [2.24, 2.45) is 7.05 Å². The number of amides is 1. The van der Waals surface area contributed by atoms with Gasteiger partial charge in [-0.05, 0) is 43.3 Å². The maximum atomic E-state index is 12.9. The van der Waals surface area contributed by atoms with E-state index in [1.54, 1.807) is 30.8 Å². The number of thioether (sulfide) groups is 1. The molecule has 26 heavy (non-hydrogen) atoms. The average Bonchev–Trinajstić information content (AvgIpc) is 2.85. The molecule has 5 nitrogen and oxygen atoms in total. The number of hydrogen-bond donors (Lipinski definition) is 1. The molecule has 0 atom stereocenters. The number of hydrogen-bond acceptors (Lipinski definition) is 3. The van der Waals surface area contributed by atoms with Crippen molar-refractivity contribution in [1.29, 1.82) is 0 Å². The van der Waals surface area contributed by atoms with E-state index in [1.807, 2.05) is 30.3 Å². The molecule has 0 radical (unpaired) electrons. The van der Waals surface area contributed by atoms with Crippen LogP contribution in [0.2, 0.25) is 0 Å². The number of rotatable bonds is 5. The van der Waals surface area contributed by atoms with E-state index in [2.05, 4.69) is 5.32 Å². The third-order valence-electron chi connectivity index (χ3n) is 4.00. The number of halogens is 1. The quantitative estimate of drug-likeness (QED) is 0.700. The lowest BCUT2D eigenvalue weighted by molar-refractivity contribution is -0.113. The maximum Gasteiger partial charge on any atom is 0.295 e. The average molecular weight is 371 g/mol. The fraction of sp³-hybridized carbons (Fsp3) is 0.158. The highest BCUT2D eigenvalue weighted by molar-refractivity contribution is 8.00. The van der Waals surface area contributed by atoms with Crippen LogP contribution in [0.5, 0.6) is 0 Å². The zero-order valence-corrected chi connectivity index (χ0v) is 15.2. The SMILES string of the molecule is Cc1c(NC(=O)CSc2ccc(F)cc2)c(=O)n(-c2ccccc2)n1C. The van der Waals surface area contributed by atoms with Crippen molar-refractivity contribution in [3.63, 3.8) is 0 Å². The smallest absolute Gasteiger partial charge is 0.295 e. The molecule has 0 aliphatic carbocycles. The van der Waals surface area contributed by atoms with Crippen LogP contribution in [0.4, 0.5) is 10.1 Å². The standard InChI is InChI=1S/C19H18FN3O2S/c1-13-18(19(25)23(22(13)2)15-6-4-3-5-7-15)21-17(24)12-26-16-10-8-14(20)9-11-16/h3-11H,12H2,1-2H3,(H,21,24). The van der Waals surface area contributed by atoms with Gasteiger partial charge in [0.25, 0.3) is 5.56 Å². The van der Waals surface area contributed by atoms with E-state index in [0.29, 0.717) is 5.69 Å². The van der Waals surface area contributed by atoms with E-state index in [9.17, 15) is 14.0 Å². The Morgan fingerprint density at radius 3 is 2.42 bits per heavy atom. The van der Waals surface area contributed by atoms with Crippen LogP contribution < -0.4 is 10.9 Å². The molecule has 3 aromatic rings. The highest BCUT2D eigenvalue weighted by Crippen LogP contribution is 2.19. The Morgan fingerprint density at radius 2 is 1.77 bits per heavy atom. The molecular formula is C19H18FN3O2S. The minimum absolute atomic E-state index is 0.130. The van der Waals surface area contributed by atoms with Crippen molar-refractivity contribution in [1.82, 2.24) is 9.36 Å². The van der Waals surface area contributed by atoms with Crippen molar-refractivity contribution in [2.75, 3.05) is 11.1 Å². The van der Waals surface area contributed by atoms with Crippen LogP contribution >= 0.6 is 11.8 Å². The number of carbonyl (C=O) groups excluding carboxylic acids is 1. The molecule has 0 saturated carbocycles. The monoisotopic (exact) mass is 371 g/mol. The van der Waals surface area contributed by atoms with E-state index in [4.69, 9.17) is 0 Å². The summed E-state index contributed by atoms with van der Waals surface area (Å²) in [5.74, 6) is -0.476.